The minimum Gasteiger partial charge on any atom is -0.377 e. The average Bonchev–Trinajstić information content (AvgIpc) is 2.16. The lowest BCUT2D eigenvalue weighted by atomic mass is 10.1. The standard InChI is InChI=1S/C10H8F4O2/c1-16-5-9(15)7-4-6(10(12,13)14)2-3-8(7)11/h2-4H,5H2,1H3. The highest BCUT2D eigenvalue weighted by molar-refractivity contribution is 5.97. The predicted molar refractivity (Wildman–Crippen MR) is 47.6 cm³/mol. The van der Waals surface area contributed by atoms with E-state index in [0.717, 1.165) is 0 Å². The lowest BCUT2D eigenvalue weighted by molar-refractivity contribution is -0.137. The molecule has 0 amide bonds. The van der Waals surface area contributed by atoms with E-state index in [-0.39, 0.29) is 0 Å². The smallest absolute Gasteiger partial charge is 0.377 e. The number of alkyl halides is 3. The Morgan fingerprint density at radius 2 is 2.00 bits per heavy atom. The van der Waals surface area contributed by atoms with Crippen LogP contribution in [0.15, 0.2) is 18.2 Å². The summed E-state index contributed by atoms with van der Waals surface area (Å²) in [6.45, 7) is -0.460. The molecule has 1 aromatic rings. The van der Waals surface area contributed by atoms with E-state index < -0.39 is 35.5 Å². The van der Waals surface area contributed by atoms with E-state index in [2.05, 4.69) is 4.74 Å². The lowest BCUT2D eigenvalue weighted by Gasteiger charge is -2.08. The Bertz CT molecular complexity index is 398. The summed E-state index contributed by atoms with van der Waals surface area (Å²) in [6, 6.07) is 1.68. The van der Waals surface area contributed by atoms with Gasteiger partial charge < -0.3 is 4.74 Å². The first-order valence-electron chi connectivity index (χ1n) is 4.25. The zero-order valence-electron chi connectivity index (χ0n) is 8.27. The summed E-state index contributed by atoms with van der Waals surface area (Å²) in [7, 11) is 1.20. The number of halogens is 4. The zero-order valence-corrected chi connectivity index (χ0v) is 8.27. The van der Waals surface area contributed by atoms with Crippen molar-refractivity contribution in [1.29, 1.82) is 0 Å². The van der Waals surface area contributed by atoms with Crippen LogP contribution >= 0.6 is 0 Å². The molecule has 1 aromatic carbocycles. The molecule has 2 nitrogen and oxygen atoms in total. The first-order chi connectivity index (χ1) is 7.36. The highest BCUT2D eigenvalue weighted by Crippen LogP contribution is 2.30. The molecule has 88 valence electrons. The molecule has 0 aliphatic rings. The third-order valence-corrected chi connectivity index (χ3v) is 1.87. The van der Waals surface area contributed by atoms with Gasteiger partial charge in [-0.05, 0) is 18.2 Å². The molecule has 0 bridgehead atoms. The van der Waals surface area contributed by atoms with E-state index in [1.807, 2.05) is 0 Å². The Balaban J connectivity index is 3.14. The molecule has 16 heavy (non-hydrogen) atoms. The number of carbonyl (C=O) groups excluding carboxylic acids is 1. The molecule has 0 aliphatic heterocycles. The van der Waals surface area contributed by atoms with Crippen LogP contribution in [0.1, 0.15) is 15.9 Å². The molecule has 0 saturated heterocycles. The maximum absolute atomic E-state index is 13.1. The fourth-order valence-electron chi connectivity index (χ4n) is 1.12. The Morgan fingerprint density at radius 3 is 2.50 bits per heavy atom. The minimum absolute atomic E-state index is 0.460. The van der Waals surface area contributed by atoms with Crippen molar-refractivity contribution in [1.82, 2.24) is 0 Å². The van der Waals surface area contributed by atoms with Gasteiger partial charge in [0.25, 0.3) is 0 Å². The molecular formula is C10H8F4O2. The average molecular weight is 236 g/mol. The normalized spacial score (nSPS) is 11.6. The van der Waals surface area contributed by atoms with Crippen LogP contribution in [0.2, 0.25) is 0 Å². The van der Waals surface area contributed by atoms with Crippen LogP contribution in [0.5, 0.6) is 0 Å². The molecular weight excluding hydrogens is 228 g/mol. The summed E-state index contributed by atoms with van der Waals surface area (Å²) < 4.78 is 54.4. The molecule has 0 saturated carbocycles. The SMILES string of the molecule is COCC(=O)c1cc(C(F)(F)F)ccc1F. The molecule has 0 unspecified atom stereocenters. The summed E-state index contributed by atoms with van der Waals surface area (Å²) >= 11 is 0. The van der Waals surface area contributed by atoms with Gasteiger partial charge >= 0.3 is 6.18 Å². The van der Waals surface area contributed by atoms with Crippen molar-refractivity contribution in [3.05, 3.63) is 35.1 Å². The largest absolute Gasteiger partial charge is 0.416 e. The second-order valence-electron chi connectivity index (χ2n) is 3.05. The highest BCUT2D eigenvalue weighted by atomic mass is 19.4. The summed E-state index contributed by atoms with van der Waals surface area (Å²) in [4.78, 5) is 11.2. The summed E-state index contributed by atoms with van der Waals surface area (Å²) in [5.74, 6) is -1.82. The predicted octanol–water partition coefficient (Wildman–Crippen LogP) is 2.67. The van der Waals surface area contributed by atoms with Crippen molar-refractivity contribution < 1.29 is 27.1 Å². The molecule has 0 N–H and O–H groups in total. The third-order valence-electron chi connectivity index (χ3n) is 1.87. The third kappa shape index (κ3) is 2.79. The van der Waals surface area contributed by atoms with Gasteiger partial charge in [-0.1, -0.05) is 0 Å². The number of carbonyl (C=O) groups is 1. The molecule has 0 heterocycles. The topological polar surface area (TPSA) is 26.3 Å². The number of Topliss-reactive ketones (excluding diaryl/α,β-unsaturated/α-hetero) is 1. The molecule has 0 atom stereocenters. The van der Waals surface area contributed by atoms with Crippen LogP contribution in [0.3, 0.4) is 0 Å². The Kier molecular flexibility index (Phi) is 3.64. The number of methoxy groups -OCH3 is 1. The first-order valence-corrected chi connectivity index (χ1v) is 4.25. The van der Waals surface area contributed by atoms with Crippen LogP contribution in [-0.2, 0) is 10.9 Å². The van der Waals surface area contributed by atoms with Crippen LogP contribution in [-0.4, -0.2) is 19.5 Å². The number of hydrogen-bond acceptors (Lipinski definition) is 2. The van der Waals surface area contributed by atoms with E-state index >= 15 is 0 Å². The highest BCUT2D eigenvalue weighted by Gasteiger charge is 2.31. The first kappa shape index (κ1) is 12.6. The zero-order chi connectivity index (χ0) is 12.3. The number of hydrogen-bond donors (Lipinski definition) is 0. The number of ketones is 1. The van der Waals surface area contributed by atoms with Crippen LogP contribution in [0.25, 0.3) is 0 Å². The van der Waals surface area contributed by atoms with Crippen molar-refractivity contribution in [3.63, 3.8) is 0 Å². The summed E-state index contributed by atoms with van der Waals surface area (Å²) in [5, 5.41) is 0. The van der Waals surface area contributed by atoms with E-state index in [4.69, 9.17) is 0 Å². The molecule has 0 fully saturated rings. The monoisotopic (exact) mass is 236 g/mol. The minimum atomic E-state index is -4.60. The van der Waals surface area contributed by atoms with E-state index in [0.29, 0.717) is 18.2 Å². The maximum Gasteiger partial charge on any atom is 0.416 e. The van der Waals surface area contributed by atoms with Gasteiger partial charge in [-0.2, -0.15) is 13.2 Å². The second-order valence-corrected chi connectivity index (χ2v) is 3.05. The van der Waals surface area contributed by atoms with Gasteiger partial charge in [0.05, 0.1) is 11.1 Å². The molecule has 0 aromatic heterocycles. The van der Waals surface area contributed by atoms with Crippen molar-refractivity contribution in [2.24, 2.45) is 0 Å². The van der Waals surface area contributed by atoms with Crippen LogP contribution in [0.4, 0.5) is 17.6 Å². The van der Waals surface area contributed by atoms with Crippen molar-refractivity contribution in [2.45, 2.75) is 6.18 Å². The number of benzene rings is 1. The van der Waals surface area contributed by atoms with Gasteiger partial charge in [-0.3, -0.25) is 4.79 Å². The molecule has 1 rings (SSSR count). The number of rotatable bonds is 3. The Hall–Kier alpha value is -1.43. The van der Waals surface area contributed by atoms with Gasteiger partial charge in [-0.25, -0.2) is 4.39 Å². The fourth-order valence-corrected chi connectivity index (χ4v) is 1.12. The molecule has 0 aliphatic carbocycles. The van der Waals surface area contributed by atoms with Crippen molar-refractivity contribution in [3.8, 4) is 0 Å². The van der Waals surface area contributed by atoms with Gasteiger partial charge in [0.2, 0.25) is 0 Å². The Labute approximate surface area is 88.8 Å². The lowest BCUT2D eigenvalue weighted by Crippen LogP contribution is -2.12. The quantitative estimate of drug-likeness (QED) is 0.595. The van der Waals surface area contributed by atoms with Gasteiger partial charge in [0.1, 0.15) is 12.4 Å². The van der Waals surface area contributed by atoms with E-state index in [9.17, 15) is 22.4 Å². The molecule has 6 heteroatoms. The molecule has 0 spiro atoms. The van der Waals surface area contributed by atoms with Crippen molar-refractivity contribution >= 4 is 5.78 Å². The fraction of sp³-hybridized carbons (Fsp3) is 0.300. The summed E-state index contributed by atoms with van der Waals surface area (Å²) in [5.41, 5.74) is -1.68. The van der Waals surface area contributed by atoms with Crippen molar-refractivity contribution in [2.75, 3.05) is 13.7 Å². The number of ether oxygens (including phenoxy) is 1. The second kappa shape index (κ2) is 4.61. The summed E-state index contributed by atoms with van der Waals surface area (Å²) in [6.07, 6.45) is -4.60. The van der Waals surface area contributed by atoms with E-state index in [1.165, 1.54) is 7.11 Å². The van der Waals surface area contributed by atoms with Gasteiger partial charge in [-0.15, -0.1) is 0 Å². The maximum atomic E-state index is 13.1. The van der Waals surface area contributed by atoms with Crippen LogP contribution in [0, 0.1) is 5.82 Å². The van der Waals surface area contributed by atoms with Gasteiger partial charge in [0.15, 0.2) is 5.78 Å². The van der Waals surface area contributed by atoms with Gasteiger partial charge in [0, 0.05) is 7.11 Å². The Morgan fingerprint density at radius 1 is 1.38 bits per heavy atom. The van der Waals surface area contributed by atoms with Crippen LogP contribution < -0.4 is 0 Å². The molecule has 0 radical (unpaired) electrons. The van der Waals surface area contributed by atoms with E-state index in [1.54, 1.807) is 0 Å².